The van der Waals surface area contributed by atoms with Gasteiger partial charge in [-0.25, -0.2) is 9.78 Å². The molecule has 1 N–H and O–H groups in total. The maximum Gasteiger partial charge on any atom is 0.354 e. The molecule has 0 unspecified atom stereocenters. The van der Waals surface area contributed by atoms with Crippen molar-refractivity contribution in [2.75, 3.05) is 0 Å². The summed E-state index contributed by atoms with van der Waals surface area (Å²) in [5.41, 5.74) is 0.0783. The first-order valence-corrected chi connectivity index (χ1v) is 4.56. The Morgan fingerprint density at radius 1 is 1.60 bits per heavy atom. The van der Waals surface area contributed by atoms with E-state index in [1.807, 2.05) is 0 Å². The Kier molecular flexibility index (Phi) is 2.37. The molecule has 0 atom stereocenters. The molecule has 2 rings (SSSR count). The lowest BCUT2D eigenvalue weighted by molar-refractivity contribution is 0.0690. The van der Waals surface area contributed by atoms with Gasteiger partial charge in [0.15, 0.2) is 6.29 Å². The van der Waals surface area contributed by atoms with Gasteiger partial charge in [-0.2, -0.15) is 0 Å². The van der Waals surface area contributed by atoms with E-state index >= 15 is 0 Å². The normalized spacial score (nSPS) is 14.7. The molecule has 1 aliphatic rings. The van der Waals surface area contributed by atoms with Crippen molar-refractivity contribution >= 4 is 12.3 Å². The maximum atomic E-state index is 10.7. The number of aromatic carboxylic acids is 1. The van der Waals surface area contributed by atoms with Gasteiger partial charge in [0, 0.05) is 0 Å². The molecule has 0 aromatic carbocycles. The fourth-order valence-corrected chi connectivity index (χ4v) is 1.13. The number of hydrogen-bond donors (Lipinski definition) is 1. The molecule has 1 aliphatic carbocycles. The Balaban J connectivity index is 2.29. The van der Waals surface area contributed by atoms with E-state index in [0.29, 0.717) is 12.0 Å². The predicted molar refractivity (Wildman–Crippen MR) is 50.2 cm³/mol. The Bertz CT molecular complexity index is 412. The van der Waals surface area contributed by atoms with Crippen LogP contribution in [-0.4, -0.2) is 28.4 Å². The van der Waals surface area contributed by atoms with Crippen molar-refractivity contribution in [3.05, 3.63) is 23.5 Å². The van der Waals surface area contributed by atoms with E-state index in [1.54, 1.807) is 0 Å². The molecule has 1 heterocycles. The molecule has 5 nitrogen and oxygen atoms in total. The van der Waals surface area contributed by atoms with E-state index in [-0.39, 0.29) is 17.4 Å². The highest BCUT2D eigenvalue weighted by Crippen LogP contribution is 2.28. The second kappa shape index (κ2) is 3.68. The Morgan fingerprint density at radius 3 is 2.87 bits per heavy atom. The smallest absolute Gasteiger partial charge is 0.354 e. The molecular formula is C10H9NO4. The van der Waals surface area contributed by atoms with Crippen molar-refractivity contribution in [1.29, 1.82) is 0 Å². The van der Waals surface area contributed by atoms with Crippen LogP contribution in [0.4, 0.5) is 0 Å². The van der Waals surface area contributed by atoms with E-state index in [4.69, 9.17) is 9.84 Å². The number of hydrogen-bond acceptors (Lipinski definition) is 4. The third-order valence-corrected chi connectivity index (χ3v) is 2.06. The third kappa shape index (κ3) is 2.12. The Morgan fingerprint density at radius 2 is 2.33 bits per heavy atom. The lowest BCUT2D eigenvalue weighted by Crippen LogP contribution is -2.05. The van der Waals surface area contributed by atoms with Crippen LogP contribution in [0.25, 0.3) is 0 Å². The van der Waals surface area contributed by atoms with Crippen molar-refractivity contribution in [2.45, 2.75) is 18.9 Å². The van der Waals surface area contributed by atoms with Gasteiger partial charge < -0.3 is 9.84 Å². The summed E-state index contributed by atoms with van der Waals surface area (Å²) in [6, 6.07) is 1.22. The molecule has 1 saturated carbocycles. The average Bonchev–Trinajstić information content (AvgIpc) is 3.02. The molecule has 0 bridgehead atoms. The molecule has 15 heavy (non-hydrogen) atoms. The monoisotopic (exact) mass is 207 g/mol. The highest BCUT2D eigenvalue weighted by atomic mass is 16.5. The molecule has 0 radical (unpaired) electrons. The van der Waals surface area contributed by atoms with Crippen LogP contribution in [0.15, 0.2) is 12.3 Å². The van der Waals surface area contributed by atoms with Crippen LogP contribution in [0.3, 0.4) is 0 Å². The summed E-state index contributed by atoms with van der Waals surface area (Å²) in [6.07, 6.45) is 3.95. The van der Waals surface area contributed by atoms with Crippen molar-refractivity contribution in [2.24, 2.45) is 0 Å². The highest BCUT2D eigenvalue weighted by molar-refractivity contribution is 5.89. The molecule has 5 heteroatoms. The first-order chi connectivity index (χ1) is 7.20. The van der Waals surface area contributed by atoms with Crippen LogP contribution >= 0.6 is 0 Å². The second-order valence-corrected chi connectivity index (χ2v) is 3.35. The molecule has 0 amide bonds. The maximum absolute atomic E-state index is 10.7. The van der Waals surface area contributed by atoms with Crippen molar-refractivity contribution < 1.29 is 19.4 Å². The number of aromatic nitrogens is 1. The zero-order valence-corrected chi connectivity index (χ0v) is 7.84. The number of carbonyl (C=O) groups excluding carboxylic acids is 1. The largest absolute Gasteiger partial charge is 0.488 e. The fourth-order valence-electron chi connectivity index (χ4n) is 1.13. The SMILES string of the molecule is O=Cc1cc(C(=O)O)ncc1OC1CC1. The van der Waals surface area contributed by atoms with Crippen molar-refractivity contribution in [3.63, 3.8) is 0 Å². The van der Waals surface area contributed by atoms with E-state index in [2.05, 4.69) is 4.98 Å². The Labute approximate surface area is 85.7 Å². The minimum Gasteiger partial charge on any atom is -0.488 e. The first-order valence-electron chi connectivity index (χ1n) is 4.56. The summed E-state index contributed by atoms with van der Waals surface area (Å²) in [4.78, 5) is 25.0. The summed E-state index contributed by atoms with van der Waals surface area (Å²) >= 11 is 0. The van der Waals surface area contributed by atoms with Gasteiger partial charge in [0.05, 0.1) is 17.9 Å². The number of pyridine rings is 1. The van der Waals surface area contributed by atoms with Crippen molar-refractivity contribution in [3.8, 4) is 5.75 Å². The summed E-state index contributed by atoms with van der Waals surface area (Å²) in [7, 11) is 0. The second-order valence-electron chi connectivity index (χ2n) is 3.35. The molecule has 1 fully saturated rings. The topological polar surface area (TPSA) is 76.5 Å². The van der Waals surface area contributed by atoms with Crippen LogP contribution in [0.1, 0.15) is 33.7 Å². The number of rotatable bonds is 4. The van der Waals surface area contributed by atoms with E-state index in [0.717, 1.165) is 12.8 Å². The van der Waals surface area contributed by atoms with Gasteiger partial charge in [-0.05, 0) is 18.9 Å². The number of carboxylic acid groups (broad SMARTS) is 1. The van der Waals surface area contributed by atoms with Gasteiger partial charge >= 0.3 is 5.97 Å². The first kappa shape index (κ1) is 9.64. The predicted octanol–water partition coefficient (Wildman–Crippen LogP) is 1.13. The number of nitrogens with zero attached hydrogens (tertiary/aromatic N) is 1. The molecule has 78 valence electrons. The number of carboxylic acids is 1. The molecule has 1 aromatic heterocycles. The van der Waals surface area contributed by atoms with Crippen LogP contribution in [0.5, 0.6) is 5.75 Å². The van der Waals surface area contributed by atoms with Crippen LogP contribution in [0, 0.1) is 0 Å². The minimum absolute atomic E-state index is 0.153. The zero-order valence-electron chi connectivity index (χ0n) is 7.84. The fraction of sp³-hybridized carbons (Fsp3) is 0.300. The summed E-state index contributed by atoms with van der Waals surface area (Å²) in [5.74, 6) is -0.798. The summed E-state index contributed by atoms with van der Waals surface area (Å²) < 4.78 is 5.40. The number of ether oxygens (including phenoxy) is 1. The third-order valence-electron chi connectivity index (χ3n) is 2.06. The van der Waals surface area contributed by atoms with Crippen LogP contribution < -0.4 is 4.74 Å². The van der Waals surface area contributed by atoms with Gasteiger partial charge in [-0.1, -0.05) is 0 Å². The Hall–Kier alpha value is -1.91. The quantitative estimate of drug-likeness (QED) is 0.749. The van der Waals surface area contributed by atoms with Crippen molar-refractivity contribution in [1.82, 2.24) is 4.98 Å². The highest BCUT2D eigenvalue weighted by Gasteiger charge is 2.25. The van der Waals surface area contributed by atoms with Gasteiger partial charge in [0.1, 0.15) is 11.4 Å². The molecule has 1 aromatic rings. The standard InChI is InChI=1S/C10H9NO4/c12-5-6-3-8(10(13)14)11-4-9(6)15-7-1-2-7/h3-5,7H,1-2H2,(H,13,14). The van der Waals surface area contributed by atoms with Crippen LogP contribution in [-0.2, 0) is 0 Å². The molecular weight excluding hydrogens is 198 g/mol. The molecule has 0 saturated heterocycles. The zero-order chi connectivity index (χ0) is 10.8. The van der Waals surface area contributed by atoms with E-state index < -0.39 is 5.97 Å². The van der Waals surface area contributed by atoms with Gasteiger partial charge in [0.25, 0.3) is 0 Å². The lowest BCUT2D eigenvalue weighted by atomic mass is 10.2. The van der Waals surface area contributed by atoms with Gasteiger partial charge in [0.2, 0.25) is 0 Å². The van der Waals surface area contributed by atoms with E-state index in [1.165, 1.54) is 12.3 Å². The van der Waals surface area contributed by atoms with Gasteiger partial charge in [-0.15, -0.1) is 0 Å². The number of carbonyl (C=O) groups is 2. The lowest BCUT2D eigenvalue weighted by Gasteiger charge is -2.06. The van der Waals surface area contributed by atoms with E-state index in [9.17, 15) is 9.59 Å². The molecule has 0 spiro atoms. The summed E-state index contributed by atoms with van der Waals surface area (Å²) in [6.45, 7) is 0. The van der Waals surface area contributed by atoms with Crippen LogP contribution in [0.2, 0.25) is 0 Å². The average molecular weight is 207 g/mol. The van der Waals surface area contributed by atoms with Gasteiger partial charge in [-0.3, -0.25) is 4.79 Å². The number of aldehydes is 1. The summed E-state index contributed by atoms with van der Waals surface area (Å²) in [5, 5.41) is 8.67. The molecule has 0 aliphatic heterocycles. The minimum atomic E-state index is -1.16.